The number of hydrogen-bond acceptors (Lipinski definition) is 4. The largest absolute Gasteiger partial charge is 0.443 e. The number of nitrogens with zero attached hydrogens (tertiary/aromatic N) is 1. The van der Waals surface area contributed by atoms with Gasteiger partial charge in [-0.2, -0.15) is 5.06 Å². The Hall–Kier alpha value is -1.37. The van der Waals surface area contributed by atoms with E-state index in [1.807, 2.05) is 30.3 Å². The third kappa shape index (κ3) is 6.33. The summed E-state index contributed by atoms with van der Waals surface area (Å²) in [4.78, 5) is 12.3. The van der Waals surface area contributed by atoms with Crippen LogP contribution in [0.4, 0.5) is 4.79 Å². The van der Waals surface area contributed by atoms with Crippen molar-refractivity contribution in [3.05, 3.63) is 35.9 Å². The zero-order valence-electron chi connectivity index (χ0n) is 14.8. The van der Waals surface area contributed by atoms with Crippen LogP contribution in [0.15, 0.2) is 30.3 Å². The maximum Gasteiger partial charge on any atom is 0.433 e. The van der Waals surface area contributed by atoms with Crippen molar-refractivity contribution in [2.45, 2.75) is 51.9 Å². The number of aliphatic hydroxyl groups is 1. The number of carbonyl (C=O) groups is 1. The maximum absolute atomic E-state index is 12.3. The first kappa shape index (κ1) is 19.7. The molecule has 0 unspecified atom stereocenters. The molecule has 0 aliphatic heterocycles. The lowest BCUT2D eigenvalue weighted by atomic mass is 10.2. The van der Waals surface area contributed by atoms with Crippen LogP contribution in [0.3, 0.4) is 0 Å². The molecule has 0 aliphatic rings. The van der Waals surface area contributed by atoms with E-state index in [2.05, 4.69) is 33.9 Å². The fraction of sp³-hybridized carbons (Fsp3) is 0.588. The van der Waals surface area contributed by atoms with E-state index in [0.29, 0.717) is 13.0 Å². The second-order valence-electron chi connectivity index (χ2n) is 7.07. The summed E-state index contributed by atoms with van der Waals surface area (Å²) in [5, 5.41) is 10.3. The normalized spacial score (nSPS) is 12.1. The summed E-state index contributed by atoms with van der Waals surface area (Å²) >= 11 is 0. The highest BCUT2D eigenvalue weighted by molar-refractivity contribution is 6.74. The van der Waals surface area contributed by atoms with E-state index in [-0.39, 0.29) is 18.3 Å². The van der Waals surface area contributed by atoms with Gasteiger partial charge < -0.3 is 14.4 Å². The molecule has 1 aromatic carbocycles. The summed E-state index contributed by atoms with van der Waals surface area (Å²) in [5.74, 6) is 0. The zero-order valence-corrected chi connectivity index (χ0v) is 15.8. The summed E-state index contributed by atoms with van der Waals surface area (Å²) in [6.07, 6.45) is -0.0539. The molecule has 0 aromatic heterocycles. The second-order valence-corrected chi connectivity index (χ2v) is 11.8. The summed E-state index contributed by atoms with van der Waals surface area (Å²) in [6.45, 7) is 11.0. The molecule has 130 valence electrons. The molecule has 5 nitrogen and oxygen atoms in total. The third-order valence-corrected chi connectivity index (χ3v) is 8.36. The van der Waals surface area contributed by atoms with Crippen molar-refractivity contribution in [2.75, 3.05) is 13.2 Å². The number of ether oxygens (including phenoxy) is 1. The number of rotatable bonds is 7. The molecule has 1 N–H and O–H groups in total. The summed E-state index contributed by atoms with van der Waals surface area (Å²) in [7, 11) is -2.15. The minimum absolute atomic E-state index is 0.00330. The Bertz CT molecular complexity index is 485. The third-order valence-electron chi connectivity index (χ3n) is 4.07. The van der Waals surface area contributed by atoms with Gasteiger partial charge in [0, 0.05) is 6.61 Å². The van der Waals surface area contributed by atoms with Crippen LogP contribution in [0.25, 0.3) is 0 Å². The van der Waals surface area contributed by atoms with Gasteiger partial charge in [-0.25, -0.2) is 4.79 Å². The zero-order chi connectivity index (χ0) is 17.5. The van der Waals surface area contributed by atoms with Gasteiger partial charge >= 0.3 is 6.09 Å². The summed E-state index contributed by atoms with van der Waals surface area (Å²) < 4.78 is 11.4. The fourth-order valence-electron chi connectivity index (χ4n) is 1.59. The molecular formula is C17H29NO4Si. The smallest absolute Gasteiger partial charge is 0.433 e. The Kier molecular flexibility index (Phi) is 7.25. The molecule has 0 spiro atoms. The monoisotopic (exact) mass is 339 g/mol. The Morgan fingerprint density at radius 3 is 2.35 bits per heavy atom. The minimum atomic E-state index is -2.15. The first-order chi connectivity index (χ1) is 10.7. The van der Waals surface area contributed by atoms with Crippen LogP contribution < -0.4 is 0 Å². The molecule has 0 saturated carbocycles. The number of hydrogen-bond donors (Lipinski definition) is 1. The lowest BCUT2D eigenvalue weighted by Gasteiger charge is -2.39. The van der Waals surface area contributed by atoms with Gasteiger partial charge in [0.15, 0.2) is 0 Å². The first-order valence-electron chi connectivity index (χ1n) is 7.95. The van der Waals surface area contributed by atoms with Crippen LogP contribution in [0.1, 0.15) is 32.8 Å². The Labute approximate surface area is 140 Å². The lowest BCUT2D eigenvalue weighted by Crippen LogP contribution is -2.49. The average molecular weight is 340 g/mol. The summed E-state index contributed by atoms with van der Waals surface area (Å²) in [5.41, 5.74) is 0.926. The Balaban J connectivity index is 2.70. The molecule has 0 saturated heterocycles. The molecule has 0 fully saturated rings. The number of hydroxylamine groups is 2. The molecule has 0 heterocycles. The molecule has 0 bridgehead atoms. The van der Waals surface area contributed by atoms with Crippen LogP contribution in [-0.2, 0) is 15.9 Å². The van der Waals surface area contributed by atoms with E-state index in [0.717, 1.165) is 5.56 Å². The summed E-state index contributed by atoms with van der Waals surface area (Å²) in [6, 6.07) is 9.52. The van der Waals surface area contributed by atoms with E-state index in [1.54, 1.807) is 0 Å². The lowest BCUT2D eigenvalue weighted by molar-refractivity contribution is -0.0644. The number of amides is 1. The van der Waals surface area contributed by atoms with Crippen LogP contribution >= 0.6 is 0 Å². The van der Waals surface area contributed by atoms with E-state index in [9.17, 15) is 4.79 Å². The molecule has 1 aromatic rings. The van der Waals surface area contributed by atoms with Crippen LogP contribution in [0, 0.1) is 0 Å². The van der Waals surface area contributed by atoms with Crippen LogP contribution in [0.2, 0.25) is 18.1 Å². The number of aliphatic hydroxyl groups excluding tert-OH is 1. The van der Waals surface area contributed by atoms with E-state index >= 15 is 0 Å². The van der Waals surface area contributed by atoms with Gasteiger partial charge in [-0.1, -0.05) is 51.1 Å². The predicted molar refractivity (Wildman–Crippen MR) is 93.3 cm³/mol. The average Bonchev–Trinajstić information content (AvgIpc) is 2.48. The molecule has 0 aliphatic carbocycles. The van der Waals surface area contributed by atoms with Crippen molar-refractivity contribution in [2.24, 2.45) is 0 Å². The Morgan fingerprint density at radius 2 is 1.83 bits per heavy atom. The minimum Gasteiger partial charge on any atom is -0.443 e. The van der Waals surface area contributed by atoms with Crippen LogP contribution in [0.5, 0.6) is 0 Å². The molecular weight excluding hydrogens is 310 g/mol. The predicted octanol–water partition coefficient (Wildman–Crippen LogP) is 3.94. The highest BCUT2D eigenvalue weighted by Gasteiger charge is 2.41. The quantitative estimate of drug-likeness (QED) is 0.604. The first-order valence-corrected chi connectivity index (χ1v) is 10.9. The second kappa shape index (κ2) is 8.47. The SMILES string of the molecule is CC(C)(C)[Si](C)(C)ON(CCCO)C(=O)OCc1ccccc1. The number of benzene rings is 1. The van der Waals surface area contributed by atoms with E-state index < -0.39 is 14.4 Å². The maximum atomic E-state index is 12.3. The van der Waals surface area contributed by atoms with Crippen molar-refractivity contribution in [1.82, 2.24) is 5.06 Å². The van der Waals surface area contributed by atoms with Crippen molar-refractivity contribution in [3.63, 3.8) is 0 Å². The van der Waals surface area contributed by atoms with Crippen molar-refractivity contribution >= 4 is 14.4 Å². The van der Waals surface area contributed by atoms with Gasteiger partial charge in [-0.05, 0) is 30.1 Å². The van der Waals surface area contributed by atoms with Crippen molar-refractivity contribution in [1.29, 1.82) is 0 Å². The topological polar surface area (TPSA) is 59.0 Å². The molecule has 23 heavy (non-hydrogen) atoms. The highest BCUT2D eigenvalue weighted by Crippen LogP contribution is 2.37. The van der Waals surface area contributed by atoms with E-state index in [1.165, 1.54) is 5.06 Å². The van der Waals surface area contributed by atoms with Gasteiger partial charge in [0.1, 0.15) is 6.61 Å². The van der Waals surface area contributed by atoms with Gasteiger partial charge in [0.25, 0.3) is 0 Å². The van der Waals surface area contributed by atoms with E-state index in [4.69, 9.17) is 14.4 Å². The van der Waals surface area contributed by atoms with Gasteiger partial charge in [-0.15, -0.1) is 0 Å². The van der Waals surface area contributed by atoms with Gasteiger partial charge in [0.05, 0.1) is 6.54 Å². The molecule has 6 heteroatoms. The molecule has 0 radical (unpaired) electrons. The van der Waals surface area contributed by atoms with Crippen molar-refractivity contribution < 1.29 is 19.2 Å². The standard InChI is InChI=1S/C17H29NO4Si/c1-17(2,3)23(4,5)22-18(12-9-13-19)16(20)21-14-15-10-7-6-8-11-15/h6-8,10-11,19H,9,12-14H2,1-5H3. The van der Waals surface area contributed by atoms with Gasteiger partial charge in [-0.3, -0.25) is 0 Å². The molecule has 0 atom stereocenters. The van der Waals surface area contributed by atoms with Crippen molar-refractivity contribution in [3.8, 4) is 0 Å². The van der Waals surface area contributed by atoms with Crippen LogP contribution in [-0.4, -0.2) is 37.7 Å². The van der Waals surface area contributed by atoms with Gasteiger partial charge in [0.2, 0.25) is 8.32 Å². The highest BCUT2D eigenvalue weighted by atomic mass is 28.4. The fourth-order valence-corrected chi connectivity index (χ4v) is 2.58. The number of carbonyl (C=O) groups excluding carboxylic acids is 1. The molecule has 1 rings (SSSR count). The molecule has 1 amide bonds. The Morgan fingerprint density at radius 1 is 1.22 bits per heavy atom.